The van der Waals surface area contributed by atoms with Crippen LogP contribution in [0.4, 0.5) is 4.39 Å². The van der Waals surface area contributed by atoms with Crippen molar-refractivity contribution < 1.29 is 4.39 Å². The Kier molecular flexibility index (Phi) is 3.72. The molecule has 3 rings (SSSR count). The van der Waals surface area contributed by atoms with E-state index in [4.69, 9.17) is 23.2 Å². The predicted molar refractivity (Wildman–Crippen MR) is 81.1 cm³/mol. The minimum atomic E-state index is -0.258. The normalized spacial score (nSPS) is 16.8. The molecule has 1 aliphatic rings. The molecule has 2 aromatic rings. The van der Waals surface area contributed by atoms with E-state index in [0.29, 0.717) is 11.4 Å². The Labute approximate surface area is 127 Å². The summed E-state index contributed by atoms with van der Waals surface area (Å²) in [5.41, 5.74) is 1.82. The fourth-order valence-electron chi connectivity index (χ4n) is 2.77. The zero-order valence-corrected chi connectivity index (χ0v) is 12.3. The maximum absolute atomic E-state index is 13.4. The van der Waals surface area contributed by atoms with Crippen LogP contribution in [-0.2, 0) is 11.8 Å². The first-order valence-electron chi connectivity index (χ1n) is 6.50. The molecular formula is C16H14Cl2FN. The molecule has 0 bridgehead atoms. The maximum Gasteiger partial charge on any atom is 0.123 e. The fourth-order valence-corrected chi connectivity index (χ4v) is 3.29. The number of halogens is 3. The smallest absolute Gasteiger partial charge is 0.123 e. The Morgan fingerprint density at radius 2 is 1.80 bits per heavy atom. The summed E-state index contributed by atoms with van der Waals surface area (Å²) in [6.45, 7) is 1.65. The van der Waals surface area contributed by atoms with Gasteiger partial charge >= 0.3 is 0 Å². The lowest BCUT2D eigenvalue weighted by molar-refractivity contribution is 0.274. The Hall–Kier alpha value is -1.09. The number of rotatable bonds is 3. The standard InChI is InChI=1S/C16H14Cl2FN/c17-14-6-5-12(19)7-11(14)8-16(9-20-10-16)13-3-1-2-4-15(13)18/h1-7,20H,8-10H2. The second-order valence-corrected chi connectivity index (χ2v) is 6.09. The van der Waals surface area contributed by atoms with E-state index < -0.39 is 0 Å². The largest absolute Gasteiger partial charge is 0.315 e. The van der Waals surface area contributed by atoms with Crippen LogP contribution in [0, 0.1) is 5.82 Å². The van der Waals surface area contributed by atoms with Crippen molar-refractivity contribution in [3.8, 4) is 0 Å². The van der Waals surface area contributed by atoms with E-state index in [1.165, 1.54) is 12.1 Å². The fraction of sp³-hybridized carbons (Fsp3) is 0.250. The minimum absolute atomic E-state index is 0.101. The van der Waals surface area contributed by atoms with Crippen LogP contribution in [-0.4, -0.2) is 13.1 Å². The van der Waals surface area contributed by atoms with Crippen LogP contribution in [0.5, 0.6) is 0 Å². The van der Waals surface area contributed by atoms with E-state index in [2.05, 4.69) is 5.32 Å². The van der Waals surface area contributed by atoms with Gasteiger partial charge in [-0.15, -0.1) is 0 Å². The van der Waals surface area contributed by atoms with Gasteiger partial charge in [0, 0.05) is 28.5 Å². The minimum Gasteiger partial charge on any atom is -0.315 e. The van der Waals surface area contributed by atoms with Gasteiger partial charge in [-0.3, -0.25) is 0 Å². The van der Waals surface area contributed by atoms with Gasteiger partial charge in [-0.05, 0) is 41.8 Å². The highest BCUT2D eigenvalue weighted by Crippen LogP contribution is 2.38. The number of nitrogens with one attached hydrogen (secondary N) is 1. The molecule has 0 aromatic heterocycles. The molecule has 1 nitrogen and oxygen atoms in total. The second kappa shape index (κ2) is 5.36. The molecule has 0 unspecified atom stereocenters. The Bertz CT molecular complexity index is 638. The van der Waals surface area contributed by atoms with Crippen LogP contribution in [0.3, 0.4) is 0 Å². The summed E-state index contributed by atoms with van der Waals surface area (Å²) in [5, 5.41) is 4.64. The first-order chi connectivity index (χ1) is 9.61. The highest BCUT2D eigenvalue weighted by Gasteiger charge is 2.40. The molecule has 0 aliphatic carbocycles. The molecule has 4 heteroatoms. The van der Waals surface area contributed by atoms with Crippen LogP contribution >= 0.6 is 23.2 Å². The Morgan fingerprint density at radius 3 is 2.45 bits per heavy atom. The topological polar surface area (TPSA) is 12.0 Å². The van der Waals surface area contributed by atoms with E-state index in [1.54, 1.807) is 6.07 Å². The van der Waals surface area contributed by atoms with Crippen LogP contribution in [0.25, 0.3) is 0 Å². The molecule has 1 heterocycles. The van der Waals surface area contributed by atoms with Gasteiger partial charge in [0.15, 0.2) is 0 Å². The Balaban J connectivity index is 1.98. The van der Waals surface area contributed by atoms with E-state index in [-0.39, 0.29) is 11.2 Å². The Morgan fingerprint density at radius 1 is 1.05 bits per heavy atom. The summed E-state index contributed by atoms with van der Waals surface area (Å²) >= 11 is 12.5. The SMILES string of the molecule is Fc1ccc(Cl)c(CC2(c3ccccc3Cl)CNC2)c1. The van der Waals surface area contributed by atoms with Crippen LogP contribution in [0.15, 0.2) is 42.5 Å². The third-order valence-electron chi connectivity index (χ3n) is 3.91. The van der Waals surface area contributed by atoms with E-state index >= 15 is 0 Å². The lowest BCUT2D eigenvalue weighted by atomic mass is 9.71. The monoisotopic (exact) mass is 309 g/mol. The molecule has 104 valence electrons. The van der Waals surface area contributed by atoms with Gasteiger partial charge in [-0.25, -0.2) is 4.39 Å². The number of benzene rings is 2. The molecular weight excluding hydrogens is 296 g/mol. The van der Waals surface area contributed by atoms with Gasteiger partial charge < -0.3 is 5.32 Å². The van der Waals surface area contributed by atoms with Crippen molar-refractivity contribution >= 4 is 23.2 Å². The average molecular weight is 310 g/mol. The lowest BCUT2D eigenvalue weighted by Crippen LogP contribution is -2.58. The van der Waals surface area contributed by atoms with Crippen LogP contribution < -0.4 is 5.32 Å². The third-order valence-corrected chi connectivity index (χ3v) is 4.61. The first-order valence-corrected chi connectivity index (χ1v) is 7.26. The van der Waals surface area contributed by atoms with E-state index in [1.807, 2.05) is 24.3 Å². The van der Waals surface area contributed by atoms with Gasteiger partial charge in [0.2, 0.25) is 0 Å². The van der Waals surface area contributed by atoms with Gasteiger partial charge in [0.25, 0.3) is 0 Å². The summed E-state index contributed by atoms with van der Waals surface area (Å²) < 4.78 is 13.4. The summed E-state index contributed by atoms with van der Waals surface area (Å²) in [6, 6.07) is 12.3. The van der Waals surface area contributed by atoms with Crippen molar-refractivity contribution in [2.45, 2.75) is 11.8 Å². The highest BCUT2D eigenvalue weighted by atomic mass is 35.5. The summed E-state index contributed by atoms with van der Waals surface area (Å²) in [6.07, 6.45) is 0.681. The van der Waals surface area contributed by atoms with Crippen molar-refractivity contribution in [3.05, 3.63) is 69.5 Å². The molecule has 20 heavy (non-hydrogen) atoms. The van der Waals surface area contributed by atoms with Gasteiger partial charge in [-0.2, -0.15) is 0 Å². The first kappa shape index (κ1) is 13.9. The maximum atomic E-state index is 13.4. The summed E-state index contributed by atoms with van der Waals surface area (Å²) in [4.78, 5) is 0. The molecule has 0 radical (unpaired) electrons. The molecule has 1 fully saturated rings. The van der Waals surface area contributed by atoms with E-state index in [9.17, 15) is 4.39 Å². The predicted octanol–water partition coefficient (Wildman–Crippen LogP) is 4.22. The zero-order valence-electron chi connectivity index (χ0n) is 10.8. The highest BCUT2D eigenvalue weighted by molar-refractivity contribution is 6.32. The molecule has 1 saturated heterocycles. The summed E-state index contributed by atoms with van der Waals surface area (Å²) in [5.74, 6) is -0.258. The van der Waals surface area contributed by atoms with Gasteiger partial charge in [0.05, 0.1) is 0 Å². The molecule has 1 aliphatic heterocycles. The molecule has 2 aromatic carbocycles. The van der Waals surface area contributed by atoms with Crippen molar-refractivity contribution in [3.63, 3.8) is 0 Å². The summed E-state index contributed by atoms with van der Waals surface area (Å²) in [7, 11) is 0. The van der Waals surface area contributed by atoms with Crippen LogP contribution in [0.2, 0.25) is 10.0 Å². The van der Waals surface area contributed by atoms with Gasteiger partial charge in [-0.1, -0.05) is 41.4 Å². The van der Waals surface area contributed by atoms with Gasteiger partial charge in [0.1, 0.15) is 5.82 Å². The molecule has 0 amide bonds. The third kappa shape index (κ3) is 2.44. The quantitative estimate of drug-likeness (QED) is 0.895. The van der Waals surface area contributed by atoms with E-state index in [0.717, 1.165) is 29.2 Å². The number of hydrogen-bond donors (Lipinski definition) is 1. The lowest BCUT2D eigenvalue weighted by Gasteiger charge is -2.44. The molecule has 0 spiro atoms. The molecule has 0 atom stereocenters. The van der Waals surface area contributed by atoms with Crippen LogP contribution in [0.1, 0.15) is 11.1 Å². The second-order valence-electron chi connectivity index (χ2n) is 5.28. The number of hydrogen-bond acceptors (Lipinski definition) is 1. The van der Waals surface area contributed by atoms with Crippen molar-refractivity contribution in [1.82, 2.24) is 5.32 Å². The molecule has 0 saturated carbocycles. The average Bonchev–Trinajstić information content (AvgIpc) is 2.39. The van der Waals surface area contributed by atoms with Crippen molar-refractivity contribution in [1.29, 1.82) is 0 Å². The zero-order chi connectivity index (χ0) is 14.2. The van der Waals surface area contributed by atoms with Crippen molar-refractivity contribution in [2.75, 3.05) is 13.1 Å². The van der Waals surface area contributed by atoms with Crippen molar-refractivity contribution in [2.24, 2.45) is 0 Å². The molecule has 1 N–H and O–H groups in total.